The van der Waals surface area contributed by atoms with Crippen LogP contribution in [0.15, 0.2) is 55.1 Å². The highest BCUT2D eigenvalue weighted by molar-refractivity contribution is 5.92. The fraction of sp³-hybridized carbons (Fsp3) is 0.0588. The molecule has 0 aliphatic heterocycles. The normalized spacial score (nSPS) is 11.0. The molecule has 0 bridgehead atoms. The first-order valence-electron chi connectivity index (χ1n) is 7.10. The Balaban J connectivity index is 1.89. The average Bonchev–Trinajstić information content (AvgIpc) is 3.00. The van der Waals surface area contributed by atoms with Crippen molar-refractivity contribution in [1.29, 1.82) is 0 Å². The SMILES string of the molecule is Cc1ncc(-c2ccnc3c2cnn3-c2ccc(F)cc2)cn1. The maximum atomic E-state index is 13.1. The smallest absolute Gasteiger partial charge is 0.163 e. The maximum Gasteiger partial charge on any atom is 0.163 e. The molecule has 0 aliphatic rings. The van der Waals surface area contributed by atoms with Crippen LogP contribution < -0.4 is 0 Å². The molecule has 5 nitrogen and oxygen atoms in total. The number of hydrogen-bond donors (Lipinski definition) is 0. The standard InChI is InChI=1S/C17H12FN5/c1-11-20-8-12(9-21-11)15-6-7-19-17-16(15)10-22-23(17)14-4-2-13(18)3-5-14/h2-10H,1H3. The second-order valence-corrected chi connectivity index (χ2v) is 5.15. The molecule has 23 heavy (non-hydrogen) atoms. The zero-order valence-electron chi connectivity index (χ0n) is 12.3. The number of rotatable bonds is 2. The van der Waals surface area contributed by atoms with Gasteiger partial charge in [-0.1, -0.05) is 0 Å². The summed E-state index contributed by atoms with van der Waals surface area (Å²) in [4.78, 5) is 12.9. The predicted octanol–water partition coefficient (Wildman–Crippen LogP) is 3.33. The van der Waals surface area contributed by atoms with Crippen LogP contribution in [-0.2, 0) is 0 Å². The van der Waals surface area contributed by atoms with Gasteiger partial charge in [0.05, 0.1) is 11.9 Å². The van der Waals surface area contributed by atoms with Crippen molar-refractivity contribution < 1.29 is 4.39 Å². The Hall–Kier alpha value is -3.15. The van der Waals surface area contributed by atoms with E-state index in [4.69, 9.17) is 0 Å². The Morgan fingerprint density at radius 3 is 2.39 bits per heavy atom. The molecule has 3 heterocycles. The largest absolute Gasteiger partial charge is 0.241 e. The van der Waals surface area contributed by atoms with E-state index < -0.39 is 0 Å². The van der Waals surface area contributed by atoms with Crippen LogP contribution in [0.4, 0.5) is 4.39 Å². The molecule has 0 amide bonds. The fourth-order valence-electron chi connectivity index (χ4n) is 2.48. The minimum atomic E-state index is -0.282. The van der Waals surface area contributed by atoms with Crippen molar-refractivity contribution in [1.82, 2.24) is 24.7 Å². The van der Waals surface area contributed by atoms with E-state index in [-0.39, 0.29) is 5.82 Å². The molecule has 0 radical (unpaired) electrons. The Kier molecular flexibility index (Phi) is 3.08. The summed E-state index contributed by atoms with van der Waals surface area (Å²) in [6, 6.07) is 8.06. The summed E-state index contributed by atoms with van der Waals surface area (Å²) >= 11 is 0. The van der Waals surface area contributed by atoms with Gasteiger partial charge in [0, 0.05) is 29.5 Å². The van der Waals surface area contributed by atoms with E-state index in [2.05, 4.69) is 20.1 Å². The van der Waals surface area contributed by atoms with E-state index in [1.165, 1.54) is 12.1 Å². The van der Waals surface area contributed by atoms with Crippen LogP contribution >= 0.6 is 0 Å². The van der Waals surface area contributed by atoms with Gasteiger partial charge in [-0.25, -0.2) is 24.0 Å². The van der Waals surface area contributed by atoms with Crippen molar-refractivity contribution in [2.24, 2.45) is 0 Å². The predicted molar refractivity (Wildman–Crippen MR) is 84.6 cm³/mol. The van der Waals surface area contributed by atoms with Gasteiger partial charge in [0.15, 0.2) is 5.65 Å². The van der Waals surface area contributed by atoms with Crippen LogP contribution in [-0.4, -0.2) is 24.7 Å². The molecule has 0 atom stereocenters. The molecule has 112 valence electrons. The van der Waals surface area contributed by atoms with Gasteiger partial charge in [0.25, 0.3) is 0 Å². The average molecular weight is 305 g/mol. The third-order valence-electron chi connectivity index (χ3n) is 3.64. The summed E-state index contributed by atoms with van der Waals surface area (Å²) in [5.74, 6) is 0.441. The van der Waals surface area contributed by atoms with E-state index in [9.17, 15) is 4.39 Å². The van der Waals surface area contributed by atoms with Gasteiger partial charge in [0.2, 0.25) is 0 Å². The first-order valence-corrected chi connectivity index (χ1v) is 7.10. The summed E-state index contributed by atoms with van der Waals surface area (Å²) in [6.45, 7) is 1.85. The summed E-state index contributed by atoms with van der Waals surface area (Å²) in [7, 11) is 0. The molecular weight excluding hydrogens is 293 g/mol. The Morgan fingerprint density at radius 1 is 0.913 bits per heavy atom. The van der Waals surface area contributed by atoms with Crippen molar-refractivity contribution in [2.75, 3.05) is 0 Å². The summed E-state index contributed by atoms with van der Waals surface area (Å²) in [6.07, 6.45) is 7.04. The molecule has 0 aliphatic carbocycles. The molecule has 0 unspecified atom stereocenters. The van der Waals surface area contributed by atoms with E-state index in [0.29, 0.717) is 5.65 Å². The number of nitrogens with zero attached hydrogens (tertiary/aromatic N) is 5. The van der Waals surface area contributed by atoms with Crippen molar-refractivity contribution >= 4 is 11.0 Å². The number of hydrogen-bond acceptors (Lipinski definition) is 4. The van der Waals surface area contributed by atoms with Crippen LogP contribution in [0.1, 0.15) is 5.82 Å². The highest BCUT2D eigenvalue weighted by atomic mass is 19.1. The minimum absolute atomic E-state index is 0.282. The van der Waals surface area contributed by atoms with Crippen LogP contribution in [0.25, 0.3) is 27.8 Å². The van der Waals surface area contributed by atoms with Gasteiger partial charge in [-0.05, 0) is 42.8 Å². The van der Waals surface area contributed by atoms with Crippen LogP contribution in [0.2, 0.25) is 0 Å². The molecule has 0 fully saturated rings. The Bertz CT molecular complexity index is 974. The number of halogens is 1. The lowest BCUT2D eigenvalue weighted by Gasteiger charge is -2.05. The van der Waals surface area contributed by atoms with E-state index >= 15 is 0 Å². The highest BCUT2D eigenvalue weighted by Crippen LogP contribution is 2.27. The highest BCUT2D eigenvalue weighted by Gasteiger charge is 2.11. The number of pyridine rings is 1. The van der Waals surface area contributed by atoms with Gasteiger partial charge in [-0.2, -0.15) is 5.10 Å². The van der Waals surface area contributed by atoms with E-state index in [1.54, 1.807) is 41.6 Å². The number of fused-ring (bicyclic) bond motifs is 1. The molecule has 4 rings (SSSR count). The molecule has 1 aromatic carbocycles. The fourth-order valence-corrected chi connectivity index (χ4v) is 2.48. The van der Waals surface area contributed by atoms with E-state index in [1.807, 2.05) is 13.0 Å². The summed E-state index contributed by atoms with van der Waals surface area (Å²) in [5, 5.41) is 5.28. The topological polar surface area (TPSA) is 56.5 Å². The number of aromatic nitrogens is 5. The lowest BCUT2D eigenvalue weighted by Crippen LogP contribution is -1.97. The van der Waals surface area contributed by atoms with Crippen LogP contribution in [0, 0.1) is 12.7 Å². The molecule has 4 aromatic rings. The molecule has 3 aromatic heterocycles. The maximum absolute atomic E-state index is 13.1. The minimum Gasteiger partial charge on any atom is -0.241 e. The molecule has 0 spiro atoms. The van der Waals surface area contributed by atoms with E-state index in [0.717, 1.165) is 28.0 Å². The molecule has 0 saturated carbocycles. The Labute approximate surface area is 131 Å². The quantitative estimate of drug-likeness (QED) is 0.570. The van der Waals surface area contributed by atoms with Gasteiger partial charge in [-0.15, -0.1) is 0 Å². The summed E-state index contributed by atoms with van der Waals surface area (Å²) < 4.78 is 14.8. The monoisotopic (exact) mass is 305 g/mol. The van der Waals surface area contributed by atoms with Gasteiger partial charge in [0.1, 0.15) is 11.6 Å². The first-order chi connectivity index (χ1) is 11.2. The third-order valence-corrected chi connectivity index (χ3v) is 3.64. The lowest BCUT2D eigenvalue weighted by atomic mass is 10.1. The van der Waals surface area contributed by atoms with Gasteiger partial charge < -0.3 is 0 Å². The second kappa shape index (κ2) is 5.24. The molecule has 0 N–H and O–H groups in total. The van der Waals surface area contributed by atoms with Crippen molar-refractivity contribution in [3.8, 4) is 16.8 Å². The zero-order chi connectivity index (χ0) is 15.8. The first kappa shape index (κ1) is 13.5. The van der Waals surface area contributed by atoms with Crippen molar-refractivity contribution in [3.05, 3.63) is 66.8 Å². The number of benzene rings is 1. The second-order valence-electron chi connectivity index (χ2n) is 5.15. The van der Waals surface area contributed by atoms with Crippen LogP contribution in [0.5, 0.6) is 0 Å². The van der Waals surface area contributed by atoms with Gasteiger partial charge in [-0.3, -0.25) is 0 Å². The molecule has 6 heteroatoms. The number of aryl methyl sites for hydroxylation is 1. The molecular formula is C17H12FN5. The van der Waals surface area contributed by atoms with Crippen molar-refractivity contribution in [2.45, 2.75) is 6.92 Å². The van der Waals surface area contributed by atoms with Gasteiger partial charge >= 0.3 is 0 Å². The van der Waals surface area contributed by atoms with Crippen molar-refractivity contribution in [3.63, 3.8) is 0 Å². The van der Waals surface area contributed by atoms with Crippen LogP contribution in [0.3, 0.4) is 0 Å². The summed E-state index contributed by atoms with van der Waals surface area (Å²) in [5.41, 5.74) is 3.32. The lowest BCUT2D eigenvalue weighted by molar-refractivity contribution is 0.627. The third kappa shape index (κ3) is 2.34. The zero-order valence-corrected chi connectivity index (χ0v) is 12.3. The molecule has 0 saturated heterocycles. The Morgan fingerprint density at radius 2 is 1.65 bits per heavy atom.